The van der Waals surface area contributed by atoms with Gasteiger partial charge in [-0.1, -0.05) is 0 Å². The Balaban J connectivity index is 3.94. The summed E-state index contributed by atoms with van der Waals surface area (Å²) in [5, 5.41) is 7.04. The zero-order valence-corrected chi connectivity index (χ0v) is 9.35. The van der Waals surface area contributed by atoms with Gasteiger partial charge in [-0.2, -0.15) is 0 Å². The molecule has 0 bridgehead atoms. The number of rotatable bonds is 4. The summed E-state index contributed by atoms with van der Waals surface area (Å²) in [4.78, 5) is 23.0. The van der Waals surface area contributed by atoms with Gasteiger partial charge in [-0.15, -0.1) is 0 Å². The van der Waals surface area contributed by atoms with E-state index in [2.05, 4.69) is 14.2 Å². The van der Waals surface area contributed by atoms with Crippen molar-refractivity contribution in [2.75, 3.05) is 28.0 Å². The number of esters is 1. The van der Waals surface area contributed by atoms with E-state index in [1.807, 2.05) is 0 Å². The van der Waals surface area contributed by atoms with Crippen LogP contribution in [0.2, 0.25) is 0 Å². The lowest BCUT2D eigenvalue weighted by Gasteiger charge is -2.14. The van der Waals surface area contributed by atoms with Crippen molar-refractivity contribution in [3.8, 4) is 0 Å². The van der Waals surface area contributed by atoms with Gasteiger partial charge in [-0.3, -0.25) is 10.3 Å². The van der Waals surface area contributed by atoms with E-state index in [-0.39, 0.29) is 12.6 Å². The number of hydrogen-bond acceptors (Lipinski definition) is 6. The van der Waals surface area contributed by atoms with Crippen molar-refractivity contribution in [2.45, 2.75) is 0 Å². The summed E-state index contributed by atoms with van der Waals surface area (Å²) in [6.45, 7) is -0.226. The highest BCUT2D eigenvalue weighted by molar-refractivity contribution is 5.92. The van der Waals surface area contributed by atoms with Gasteiger partial charge in [0.15, 0.2) is 6.73 Å². The van der Waals surface area contributed by atoms with Crippen LogP contribution in [0.4, 0.5) is 4.79 Å². The topological polar surface area (TPSA) is 88.9 Å². The van der Waals surface area contributed by atoms with Crippen molar-refractivity contribution < 1.29 is 23.8 Å². The molecule has 0 saturated heterocycles. The number of carbonyl (C=O) groups excluding carboxylic acids is 2. The zero-order valence-electron chi connectivity index (χ0n) is 9.35. The van der Waals surface area contributed by atoms with E-state index in [1.165, 1.54) is 21.3 Å². The lowest BCUT2D eigenvalue weighted by Crippen LogP contribution is -2.29. The predicted octanol–water partition coefficient (Wildman–Crippen LogP) is 0.365. The Morgan fingerprint density at radius 2 is 1.88 bits per heavy atom. The molecular formula is C9H14N2O5. The minimum absolute atomic E-state index is 0.168. The molecule has 0 saturated carbocycles. The summed E-state index contributed by atoms with van der Waals surface area (Å²) < 4.78 is 13.5. The van der Waals surface area contributed by atoms with Crippen LogP contribution >= 0.6 is 0 Å². The van der Waals surface area contributed by atoms with Crippen LogP contribution in [0.1, 0.15) is 0 Å². The highest BCUT2D eigenvalue weighted by Gasteiger charge is 2.09. The minimum atomic E-state index is -0.683. The predicted molar refractivity (Wildman–Crippen MR) is 55.0 cm³/mol. The third-order valence-electron chi connectivity index (χ3n) is 1.48. The van der Waals surface area contributed by atoms with Gasteiger partial charge < -0.3 is 14.2 Å². The molecule has 0 atom stereocenters. The molecular weight excluding hydrogens is 216 g/mol. The molecule has 1 amide bonds. The Morgan fingerprint density at radius 1 is 1.25 bits per heavy atom. The number of ether oxygens (including phenoxy) is 3. The van der Waals surface area contributed by atoms with Crippen LogP contribution in [0.15, 0.2) is 12.2 Å². The molecule has 0 aliphatic heterocycles. The Kier molecular flexibility index (Phi) is 6.34. The fourth-order valence-corrected chi connectivity index (χ4v) is 0.629. The average molecular weight is 230 g/mol. The van der Waals surface area contributed by atoms with E-state index in [0.717, 1.165) is 17.1 Å². The molecule has 0 radical (unpaired) electrons. The van der Waals surface area contributed by atoms with Gasteiger partial charge >= 0.3 is 12.1 Å². The van der Waals surface area contributed by atoms with Crippen LogP contribution in [-0.2, 0) is 19.0 Å². The number of methoxy groups -OCH3 is 2. The number of carbonyl (C=O) groups is 2. The summed E-state index contributed by atoms with van der Waals surface area (Å²) in [6, 6.07) is 0. The zero-order chi connectivity index (χ0) is 12.6. The normalized spacial score (nSPS) is 9.69. The molecule has 0 aromatic rings. The second-order valence-corrected chi connectivity index (χ2v) is 2.66. The summed E-state index contributed by atoms with van der Waals surface area (Å²) >= 11 is 0. The second-order valence-electron chi connectivity index (χ2n) is 2.66. The van der Waals surface area contributed by atoms with Crippen LogP contribution in [0.25, 0.3) is 0 Å². The Morgan fingerprint density at radius 3 is 2.38 bits per heavy atom. The highest BCUT2D eigenvalue weighted by atomic mass is 16.6. The van der Waals surface area contributed by atoms with Crippen molar-refractivity contribution in [2.24, 2.45) is 0 Å². The van der Waals surface area contributed by atoms with Crippen LogP contribution in [0.3, 0.4) is 0 Å². The Hall–Kier alpha value is -2.05. The third kappa shape index (κ3) is 5.63. The average Bonchev–Trinajstić information content (AvgIpc) is 2.31. The van der Waals surface area contributed by atoms with E-state index in [0.29, 0.717) is 0 Å². The highest BCUT2D eigenvalue weighted by Crippen LogP contribution is 1.91. The van der Waals surface area contributed by atoms with E-state index in [9.17, 15) is 9.59 Å². The van der Waals surface area contributed by atoms with Crippen LogP contribution < -0.4 is 0 Å². The van der Waals surface area contributed by atoms with E-state index in [1.54, 1.807) is 0 Å². The lowest BCUT2D eigenvalue weighted by atomic mass is 10.5. The maximum absolute atomic E-state index is 11.0. The molecule has 16 heavy (non-hydrogen) atoms. The molecule has 0 fully saturated rings. The first kappa shape index (κ1) is 13.9. The molecule has 0 spiro atoms. The molecule has 0 aromatic carbocycles. The van der Waals surface area contributed by atoms with Crippen molar-refractivity contribution in [1.82, 2.24) is 4.90 Å². The molecule has 0 aliphatic carbocycles. The van der Waals surface area contributed by atoms with E-state index >= 15 is 0 Å². The Labute approximate surface area is 93.1 Å². The number of amides is 1. The van der Waals surface area contributed by atoms with E-state index < -0.39 is 12.1 Å². The van der Waals surface area contributed by atoms with Crippen LogP contribution in [0, 0.1) is 5.41 Å². The van der Waals surface area contributed by atoms with Gasteiger partial charge in [0.05, 0.1) is 14.2 Å². The fraction of sp³-hybridized carbons (Fsp3) is 0.444. The maximum atomic E-state index is 11.0. The summed E-state index contributed by atoms with van der Waals surface area (Å²) in [5.74, 6) is -0.851. The standard InChI is InChI=1S/C9H14N2O5/c1-11(9(13)15-3)6-16-8(12)5-4-7(10)14-2/h4-5,10H,6H2,1-3H3/b5-4+,10-7?. The number of hydrogen-bond donors (Lipinski definition) is 1. The first-order chi connectivity index (χ1) is 7.51. The quantitative estimate of drug-likeness (QED) is 0.248. The molecule has 7 heteroatoms. The van der Waals surface area contributed by atoms with Crippen molar-refractivity contribution in [1.29, 1.82) is 5.41 Å². The maximum Gasteiger partial charge on any atom is 0.411 e. The molecule has 0 unspecified atom stereocenters. The SMILES string of the molecule is COC(=N)/C=C/C(=O)OCN(C)C(=O)OC. The van der Waals surface area contributed by atoms with Crippen molar-refractivity contribution in [3.63, 3.8) is 0 Å². The molecule has 90 valence electrons. The summed E-state index contributed by atoms with van der Waals surface area (Å²) in [7, 11) is 3.95. The van der Waals surface area contributed by atoms with Gasteiger partial charge in [0, 0.05) is 19.2 Å². The van der Waals surface area contributed by atoms with Gasteiger partial charge in [-0.25, -0.2) is 9.59 Å². The minimum Gasteiger partial charge on any atom is -0.481 e. The van der Waals surface area contributed by atoms with E-state index in [4.69, 9.17) is 5.41 Å². The largest absolute Gasteiger partial charge is 0.481 e. The summed E-state index contributed by atoms with van der Waals surface area (Å²) in [5.41, 5.74) is 0. The van der Waals surface area contributed by atoms with Crippen LogP contribution in [-0.4, -0.2) is 50.9 Å². The van der Waals surface area contributed by atoms with Gasteiger partial charge in [0.1, 0.15) is 0 Å². The van der Waals surface area contributed by atoms with Crippen molar-refractivity contribution in [3.05, 3.63) is 12.2 Å². The van der Waals surface area contributed by atoms with Gasteiger partial charge in [-0.05, 0) is 0 Å². The molecule has 0 aromatic heterocycles. The van der Waals surface area contributed by atoms with Crippen LogP contribution in [0.5, 0.6) is 0 Å². The van der Waals surface area contributed by atoms with Gasteiger partial charge in [0.2, 0.25) is 5.90 Å². The Bertz CT molecular complexity index is 300. The molecule has 1 N–H and O–H groups in total. The third-order valence-corrected chi connectivity index (χ3v) is 1.48. The first-order valence-electron chi connectivity index (χ1n) is 4.27. The molecule has 0 heterocycles. The fourth-order valence-electron chi connectivity index (χ4n) is 0.629. The lowest BCUT2D eigenvalue weighted by molar-refractivity contribution is -0.141. The first-order valence-corrected chi connectivity index (χ1v) is 4.27. The monoisotopic (exact) mass is 230 g/mol. The van der Waals surface area contributed by atoms with Gasteiger partial charge in [0.25, 0.3) is 0 Å². The molecule has 7 nitrogen and oxygen atoms in total. The smallest absolute Gasteiger partial charge is 0.411 e. The number of nitrogens with zero attached hydrogens (tertiary/aromatic N) is 1. The van der Waals surface area contributed by atoms with Crippen molar-refractivity contribution >= 4 is 18.0 Å². The molecule has 0 aliphatic rings. The number of nitrogens with one attached hydrogen (secondary N) is 1. The summed E-state index contributed by atoms with van der Waals surface area (Å²) in [6.07, 6.45) is 1.55. The second kappa shape index (κ2) is 7.27. The molecule has 0 rings (SSSR count).